The first-order valence-corrected chi connectivity index (χ1v) is 8.95. The molecule has 5 heteroatoms. The van der Waals surface area contributed by atoms with Crippen LogP contribution in [0.5, 0.6) is 5.75 Å². The van der Waals surface area contributed by atoms with Gasteiger partial charge in [-0.1, -0.05) is 12.8 Å². The van der Waals surface area contributed by atoms with E-state index in [4.69, 9.17) is 5.26 Å². The summed E-state index contributed by atoms with van der Waals surface area (Å²) in [5.41, 5.74) is 0.663. The lowest BCUT2D eigenvalue weighted by atomic mass is 10.0. The molecule has 5 nitrogen and oxygen atoms in total. The Morgan fingerprint density at radius 2 is 1.88 bits per heavy atom. The molecular weight excluding hydrogens is 302 g/mol. The van der Waals surface area contributed by atoms with Gasteiger partial charge in [-0.25, -0.2) is 0 Å². The van der Waals surface area contributed by atoms with Gasteiger partial charge in [0.1, 0.15) is 11.8 Å². The van der Waals surface area contributed by atoms with E-state index in [0.717, 1.165) is 39.0 Å². The molecule has 1 aromatic rings. The maximum Gasteiger partial charge on any atom is 0.254 e. The molecule has 3 rings (SSSR count). The largest absolute Gasteiger partial charge is 0.507 e. The van der Waals surface area contributed by atoms with Crippen LogP contribution < -0.4 is 0 Å². The zero-order valence-corrected chi connectivity index (χ0v) is 14.1. The van der Waals surface area contributed by atoms with Gasteiger partial charge < -0.3 is 10.0 Å². The number of likely N-dealkylation sites (tertiary alicyclic amines) is 2. The molecule has 24 heavy (non-hydrogen) atoms. The number of amides is 1. The molecule has 0 spiro atoms. The Morgan fingerprint density at radius 3 is 2.54 bits per heavy atom. The molecule has 2 heterocycles. The van der Waals surface area contributed by atoms with E-state index in [9.17, 15) is 9.90 Å². The maximum atomic E-state index is 12.8. The van der Waals surface area contributed by atoms with Crippen molar-refractivity contribution in [3.8, 4) is 11.8 Å². The number of nitrogens with zero attached hydrogens (tertiary/aromatic N) is 3. The predicted octanol–water partition coefficient (Wildman–Crippen LogP) is 2.74. The van der Waals surface area contributed by atoms with Gasteiger partial charge in [0.15, 0.2) is 0 Å². The van der Waals surface area contributed by atoms with E-state index in [1.165, 1.54) is 37.8 Å². The molecule has 2 aliphatic heterocycles. The second-order valence-corrected chi connectivity index (χ2v) is 6.84. The van der Waals surface area contributed by atoms with Gasteiger partial charge in [-0.05, 0) is 57.0 Å². The summed E-state index contributed by atoms with van der Waals surface area (Å²) in [5, 5.41) is 18.7. The highest BCUT2D eigenvalue weighted by molar-refractivity contribution is 5.95. The number of aromatic hydroxyl groups is 1. The summed E-state index contributed by atoms with van der Waals surface area (Å²) < 4.78 is 0. The van der Waals surface area contributed by atoms with E-state index in [1.54, 1.807) is 6.07 Å². The van der Waals surface area contributed by atoms with Crippen molar-refractivity contribution in [3.05, 3.63) is 29.3 Å². The molecule has 2 fully saturated rings. The van der Waals surface area contributed by atoms with Crippen LogP contribution in [0, 0.1) is 11.3 Å². The molecule has 1 atom stereocenters. The summed E-state index contributed by atoms with van der Waals surface area (Å²) >= 11 is 0. The number of hydrogen-bond acceptors (Lipinski definition) is 4. The SMILES string of the molecule is N#Cc1ccc(C(=O)N2CCCC(N3CCCCCC3)C2)cc1O. The quantitative estimate of drug-likeness (QED) is 0.907. The first-order chi connectivity index (χ1) is 11.7. The lowest BCUT2D eigenvalue weighted by Gasteiger charge is -2.39. The van der Waals surface area contributed by atoms with Gasteiger partial charge in [0, 0.05) is 24.7 Å². The van der Waals surface area contributed by atoms with Crippen molar-refractivity contribution >= 4 is 5.91 Å². The summed E-state index contributed by atoms with van der Waals surface area (Å²) in [7, 11) is 0. The second-order valence-electron chi connectivity index (χ2n) is 6.84. The number of hydrogen-bond donors (Lipinski definition) is 1. The second kappa shape index (κ2) is 7.67. The minimum absolute atomic E-state index is 0.0469. The average Bonchev–Trinajstić information content (AvgIpc) is 2.90. The minimum Gasteiger partial charge on any atom is -0.507 e. The van der Waals surface area contributed by atoms with E-state index < -0.39 is 0 Å². The Labute approximate surface area is 143 Å². The number of phenols is 1. The van der Waals surface area contributed by atoms with Gasteiger partial charge in [-0.3, -0.25) is 9.69 Å². The van der Waals surface area contributed by atoms with E-state index >= 15 is 0 Å². The van der Waals surface area contributed by atoms with Crippen molar-refractivity contribution in [1.82, 2.24) is 9.80 Å². The van der Waals surface area contributed by atoms with E-state index in [-0.39, 0.29) is 17.2 Å². The van der Waals surface area contributed by atoms with Crippen molar-refractivity contribution in [3.63, 3.8) is 0 Å². The lowest BCUT2D eigenvalue weighted by Crippen LogP contribution is -2.50. The first-order valence-electron chi connectivity index (χ1n) is 8.95. The molecule has 1 amide bonds. The number of carbonyl (C=O) groups is 1. The van der Waals surface area contributed by atoms with Crippen LogP contribution in [0.2, 0.25) is 0 Å². The number of rotatable bonds is 2. The predicted molar refractivity (Wildman–Crippen MR) is 91.8 cm³/mol. The fourth-order valence-electron chi connectivity index (χ4n) is 3.84. The normalized spacial score (nSPS) is 22.6. The van der Waals surface area contributed by atoms with Crippen molar-refractivity contribution in [2.45, 2.75) is 44.6 Å². The third kappa shape index (κ3) is 3.70. The smallest absolute Gasteiger partial charge is 0.254 e. The van der Waals surface area contributed by atoms with Crippen molar-refractivity contribution in [1.29, 1.82) is 5.26 Å². The van der Waals surface area contributed by atoms with Gasteiger partial charge in [0.2, 0.25) is 0 Å². The lowest BCUT2D eigenvalue weighted by molar-refractivity contribution is 0.0578. The van der Waals surface area contributed by atoms with Crippen LogP contribution in [0.15, 0.2) is 18.2 Å². The molecule has 0 saturated carbocycles. The van der Waals surface area contributed by atoms with Crippen LogP contribution in [-0.4, -0.2) is 53.0 Å². The van der Waals surface area contributed by atoms with Crippen LogP contribution in [0.3, 0.4) is 0 Å². The number of piperidine rings is 1. The molecule has 1 unspecified atom stereocenters. The van der Waals surface area contributed by atoms with E-state index in [2.05, 4.69) is 4.90 Å². The summed E-state index contributed by atoms with van der Waals surface area (Å²) in [4.78, 5) is 17.2. The Bertz CT molecular complexity index is 630. The highest BCUT2D eigenvalue weighted by Gasteiger charge is 2.28. The number of benzene rings is 1. The summed E-state index contributed by atoms with van der Waals surface area (Å²) in [6.45, 7) is 3.82. The monoisotopic (exact) mass is 327 g/mol. The van der Waals surface area contributed by atoms with Gasteiger partial charge in [-0.2, -0.15) is 5.26 Å². The van der Waals surface area contributed by atoms with Crippen LogP contribution in [-0.2, 0) is 0 Å². The Balaban J connectivity index is 1.68. The highest BCUT2D eigenvalue weighted by Crippen LogP contribution is 2.23. The summed E-state index contributed by atoms with van der Waals surface area (Å²) in [6, 6.07) is 6.93. The molecule has 0 radical (unpaired) electrons. The molecule has 0 bridgehead atoms. The van der Waals surface area contributed by atoms with Gasteiger partial charge in [-0.15, -0.1) is 0 Å². The third-order valence-electron chi connectivity index (χ3n) is 5.21. The summed E-state index contributed by atoms with van der Waals surface area (Å²) in [5.74, 6) is -0.168. The van der Waals surface area contributed by atoms with E-state index in [0.29, 0.717) is 11.6 Å². The molecule has 0 aliphatic carbocycles. The van der Waals surface area contributed by atoms with Gasteiger partial charge >= 0.3 is 0 Å². The maximum absolute atomic E-state index is 12.8. The van der Waals surface area contributed by atoms with Gasteiger partial charge in [0.25, 0.3) is 5.91 Å². The zero-order valence-electron chi connectivity index (χ0n) is 14.1. The van der Waals surface area contributed by atoms with Crippen molar-refractivity contribution in [2.24, 2.45) is 0 Å². The fraction of sp³-hybridized carbons (Fsp3) is 0.579. The van der Waals surface area contributed by atoms with Crippen LogP contribution in [0.25, 0.3) is 0 Å². The fourth-order valence-corrected chi connectivity index (χ4v) is 3.84. The van der Waals surface area contributed by atoms with Crippen molar-refractivity contribution < 1.29 is 9.90 Å². The number of carbonyl (C=O) groups excluding carboxylic acids is 1. The molecule has 128 valence electrons. The molecular formula is C19H25N3O2. The molecule has 2 saturated heterocycles. The minimum atomic E-state index is -0.121. The molecule has 2 aliphatic rings. The average molecular weight is 327 g/mol. The number of phenolic OH excluding ortho intramolecular Hbond substituents is 1. The first kappa shape index (κ1) is 16.8. The number of nitriles is 1. The topological polar surface area (TPSA) is 67.6 Å². The van der Waals surface area contributed by atoms with E-state index in [1.807, 2.05) is 11.0 Å². The Kier molecular flexibility index (Phi) is 5.37. The standard InChI is InChI=1S/C19H25N3O2/c20-13-16-8-7-15(12-18(16)23)19(24)22-11-5-6-17(14-22)21-9-3-1-2-4-10-21/h7-8,12,17,23H,1-6,9-11,14H2. The van der Waals surface area contributed by atoms with Crippen LogP contribution in [0.1, 0.15) is 54.4 Å². The third-order valence-corrected chi connectivity index (χ3v) is 5.21. The summed E-state index contributed by atoms with van der Waals surface area (Å²) in [6.07, 6.45) is 7.33. The Morgan fingerprint density at radius 1 is 1.12 bits per heavy atom. The molecule has 1 aromatic carbocycles. The van der Waals surface area contributed by atoms with Gasteiger partial charge in [0.05, 0.1) is 5.56 Å². The highest BCUT2D eigenvalue weighted by atomic mass is 16.3. The van der Waals surface area contributed by atoms with Crippen LogP contribution in [0.4, 0.5) is 0 Å². The Hall–Kier alpha value is -2.06. The molecule has 0 aromatic heterocycles. The zero-order chi connectivity index (χ0) is 16.9. The van der Waals surface area contributed by atoms with Crippen molar-refractivity contribution in [2.75, 3.05) is 26.2 Å². The molecule has 1 N–H and O–H groups in total. The van der Waals surface area contributed by atoms with Crippen LogP contribution >= 0.6 is 0 Å².